The van der Waals surface area contributed by atoms with Crippen LogP contribution in [-0.2, 0) is 26.2 Å². The third-order valence-electron chi connectivity index (χ3n) is 5.79. The van der Waals surface area contributed by atoms with E-state index in [4.69, 9.17) is 4.74 Å². The maximum absolute atomic E-state index is 13.0. The van der Waals surface area contributed by atoms with Crippen molar-refractivity contribution in [3.63, 3.8) is 0 Å². The molecule has 2 aromatic carbocycles. The van der Waals surface area contributed by atoms with E-state index in [0.717, 1.165) is 20.8 Å². The summed E-state index contributed by atoms with van der Waals surface area (Å²) in [6.45, 7) is 2.13. The molecule has 2 heterocycles. The molecule has 162 valence electrons. The second-order valence-electron chi connectivity index (χ2n) is 7.76. The van der Waals surface area contributed by atoms with Crippen molar-refractivity contribution in [2.24, 2.45) is 5.92 Å². The van der Waals surface area contributed by atoms with Gasteiger partial charge < -0.3 is 9.64 Å². The Morgan fingerprint density at radius 1 is 1.10 bits per heavy atom. The number of sulfonamides is 1. The molecule has 0 aromatic heterocycles. The summed E-state index contributed by atoms with van der Waals surface area (Å²) in [4.78, 5) is 27.0. The topological polar surface area (TPSA) is 84.0 Å². The molecule has 0 aliphatic carbocycles. The molecule has 2 fully saturated rings. The van der Waals surface area contributed by atoms with Crippen molar-refractivity contribution in [2.45, 2.75) is 32.0 Å². The minimum absolute atomic E-state index is 0.123. The van der Waals surface area contributed by atoms with Crippen LogP contribution < -0.4 is 0 Å². The zero-order chi connectivity index (χ0) is 22.0. The molecule has 2 aromatic rings. The molecule has 2 aliphatic rings. The molecule has 2 aliphatic heterocycles. The predicted molar refractivity (Wildman–Crippen MR) is 116 cm³/mol. The molecule has 2 saturated heterocycles. The summed E-state index contributed by atoms with van der Waals surface area (Å²) >= 11 is 0. The number of hydrogen-bond acceptors (Lipinski definition) is 5. The first kappa shape index (κ1) is 21.1. The molecule has 7 nitrogen and oxygen atoms in total. The van der Waals surface area contributed by atoms with E-state index < -0.39 is 40.0 Å². The minimum Gasteiger partial charge on any atom is -0.445 e. The Morgan fingerprint density at radius 3 is 2.42 bits per heavy atom. The summed E-state index contributed by atoms with van der Waals surface area (Å²) in [5, 5.41) is 1.06. The van der Waals surface area contributed by atoms with Crippen LogP contribution in [0.2, 0.25) is 0 Å². The van der Waals surface area contributed by atoms with E-state index in [1.54, 1.807) is 31.2 Å². The lowest BCUT2D eigenvalue weighted by atomic mass is 10.0. The molecule has 0 unspecified atom stereocenters. The fourth-order valence-electron chi connectivity index (χ4n) is 4.29. The molecule has 2 amide bonds. The average Bonchev–Trinajstić information content (AvgIpc) is 3.31. The number of benzene rings is 2. The van der Waals surface area contributed by atoms with Gasteiger partial charge >= 0.3 is 6.09 Å². The lowest BCUT2D eigenvalue weighted by Crippen LogP contribution is -2.42. The second-order valence-corrected chi connectivity index (χ2v) is 9.46. The third kappa shape index (κ3) is 4.20. The van der Waals surface area contributed by atoms with Gasteiger partial charge in [0.2, 0.25) is 5.91 Å². The summed E-state index contributed by atoms with van der Waals surface area (Å²) in [7, 11) is -3.97. The van der Waals surface area contributed by atoms with Gasteiger partial charge in [0, 0.05) is 6.54 Å². The van der Waals surface area contributed by atoms with Crippen molar-refractivity contribution in [2.75, 3.05) is 6.54 Å². The van der Waals surface area contributed by atoms with Crippen LogP contribution in [0.3, 0.4) is 0 Å². The number of fused-ring (bicyclic) bond motifs is 1. The fourth-order valence-corrected chi connectivity index (χ4v) is 5.78. The summed E-state index contributed by atoms with van der Waals surface area (Å²) in [5.74, 6) is -1.12. The van der Waals surface area contributed by atoms with Gasteiger partial charge in [-0.1, -0.05) is 67.6 Å². The van der Waals surface area contributed by atoms with Crippen LogP contribution in [0, 0.1) is 5.92 Å². The van der Waals surface area contributed by atoms with Crippen LogP contribution in [0.15, 0.2) is 66.1 Å². The Bertz CT molecular complexity index is 1090. The van der Waals surface area contributed by atoms with E-state index >= 15 is 0 Å². The van der Waals surface area contributed by atoms with E-state index in [1.807, 2.05) is 36.4 Å². The van der Waals surface area contributed by atoms with E-state index in [1.165, 1.54) is 11.0 Å². The van der Waals surface area contributed by atoms with Gasteiger partial charge in [-0.15, -0.1) is 0 Å². The standard InChI is InChI=1S/C23H24N2O5S/c1-17-21-20(12-14-24(21)23(27)30-16-19-10-6-3-7-11-19)25(22(17)26)31(28,29)15-13-18-8-4-2-5-9-18/h2-11,13,15,17,20-21H,12,14,16H2,1H3/b15-13+/t17-,20+,21-/m1/s1. The molecule has 31 heavy (non-hydrogen) atoms. The lowest BCUT2D eigenvalue weighted by Gasteiger charge is -2.25. The Morgan fingerprint density at radius 2 is 1.74 bits per heavy atom. The first-order valence-electron chi connectivity index (χ1n) is 10.2. The number of ether oxygens (including phenoxy) is 1. The van der Waals surface area contributed by atoms with Crippen molar-refractivity contribution in [1.82, 2.24) is 9.21 Å². The molecule has 0 radical (unpaired) electrons. The maximum atomic E-state index is 13.0. The summed E-state index contributed by atoms with van der Waals surface area (Å²) < 4.78 is 32.3. The molecular formula is C23H24N2O5S. The van der Waals surface area contributed by atoms with Crippen LogP contribution in [0.4, 0.5) is 4.79 Å². The van der Waals surface area contributed by atoms with Crippen molar-refractivity contribution >= 4 is 28.1 Å². The molecule has 0 spiro atoms. The molecule has 0 N–H and O–H groups in total. The Labute approximate surface area is 182 Å². The highest BCUT2D eigenvalue weighted by Crippen LogP contribution is 2.38. The minimum atomic E-state index is -3.97. The smallest absolute Gasteiger partial charge is 0.410 e. The molecule has 0 bridgehead atoms. The molecule has 4 rings (SSSR count). The molecule has 3 atom stereocenters. The van der Waals surface area contributed by atoms with Gasteiger partial charge in [0.15, 0.2) is 0 Å². The van der Waals surface area contributed by atoms with Crippen LogP contribution in [-0.4, -0.2) is 48.3 Å². The van der Waals surface area contributed by atoms with Gasteiger partial charge in [0.25, 0.3) is 10.0 Å². The van der Waals surface area contributed by atoms with Gasteiger partial charge in [-0.25, -0.2) is 17.5 Å². The summed E-state index contributed by atoms with van der Waals surface area (Å²) in [6.07, 6.45) is 1.33. The van der Waals surface area contributed by atoms with Crippen molar-refractivity contribution in [3.05, 3.63) is 77.2 Å². The number of likely N-dealkylation sites (tertiary alicyclic amines) is 1. The Kier molecular flexibility index (Phi) is 5.82. The number of amides is 2. The summed E-state index contributed by atoms with van der Waals surface area (Å²) in [5.41, 5.74) is 1.58. The highest BCUT2D eigenvalue weighted by atomic mass is 32.2. The highest BCUT2D eigenvalue weighted by molar-refractivity contribution is 7.92. The van der Waals surface area contributed by atoms with Crippen molar-refractivity contribution in [1.29, 1.82) is 0 Å². The number of hydrogen-bond donors (Lipinski definition) is 0. The quantitative estimate of drug-likeness (QED) is 0.713. The largest absolute Gasteiger partial charge is 0.445 e. The first-order chi connectivity index (χ1) is 14.9. The van der Waals surface area contributed by atoms with E-state index in [-0.39, 0.29) is 6.61 Å². The summed E-state index contributed by atoms with van der Waals surface area (Å²) in [6, 6.07) is 17.2. The average molecular weight is 441 g/mol. The molecule has 0 saturated carbocycles. The first-order valence-corrected chi connectivity index (χ1v) is 11.7. The van der Waals surface area contributed by atoms with Gasteiger partial charge in [-0.3, -0.25) is 4.79 Å². The van der Waals surface area contributed by atoms with Crippen LogP contribution in [0.5, 0.6) is 0 Å². The third-order valence-corrected chi connectivity index (χ3v) is 7.27. The van der Waals surface area contributed by atoms with Crippen LogP contribution in [0.1, 0.15) is 24.5 Å². The van der Waals surface area contributed by atoms with Gasteiger partial charge in [-0.05, 0) is 23.6 Å². The van der Waals surface area contributed by atoms with E-state index in [0.29, 0.717) is 13.0 Å². The number of carbonyl (C=O) groups is 2. The maximum Gasteiger partial charge on any atom is 0.410 e. The normalized spacial score (nSPS) is 23.4. The Hall–Kier alpha value is -3.13. The number of nitrogens with zero attached hydrogens (tertiary/aromatic N) is 2. The zero-order valence-corrected chi connectivity index (χ0v) is 17.9. The second kappa shape index (κ2) is 8.55. The molecular weight excluding hydrogens is 416 g/mol. The van der Waals surface area contributed by atoms with Crippen molar-refractivity contribution in [3.8, 4) is 0 Å². The van der Waals surface area contributed by atoms with Crippen LogP contribution >= 0.6 is 0 Å². The number of carbonyl (C=O) groups excluding carboxylic acids is 2. The molecule has 8 heteroatoms. The lowest BCUT2D eigenvalue weighted by molar-refractivity contribution is -0.127. The number of rotatable bonds is 5. The highest BCUT2D eigenvalue weighted by Gasteiger charge is 2.56. The van der Waals surface area contributed by atoms with Crippen LogP contribution in [0.25, 0.3) is 6.08 Å². The predicted octanol–water partition coefficient (Wildman–Crippen LogP) is 3.25. The SMILES string of the molecule is C[C@H]1C(=O)N(S(=O)(=O)/C=C/c2ccccc2)[C@H]2CCN(C(=O)OCc3ccccc3)[C@H]12. The zero-order valence-electron chi connectivity index (χ0n) is 17.1. The van der Waals surface area contributed by atoms with Crippen molar-refractivity contribution < 1.29 is 22.7 Å². The van der Waals surface area contributed by atoms with Gasteiger partial charge in [-0.2, -0.15) is 0 Å². The van der Waals surface area contributed by atoms with E-state index in [9.17, 15) is 18.0 Å². The van der Waals surface area contributed by atoms with Gasteiger partial charge in [0.05, 0.1) is 23.4 Å². The fraction of sp³-hybridized carbons (Fsp3) is 0.304. The van der Waals surface area contributed by atoms with Gasteiger partial charge in [0.1, 0.15) is 6.61 Å². The Balaban J connectivity index is 1.49. The van der Waals surface area contributed by atoms with E-state index in [2.05, 4.69) is 0 Å². The monoisotopic (exact) mass is 440 g/mol.